The summed E-state index contributed by atoms with van der Waals surface area (Å²) in [4.78, 5) is 7.83. The van der Waals surface area contributed by atoms with Gasteiger partial charge in [0.05, 0.1) is 18.4 Å². The van der Waals surface area contributed by atoms with Crippen molar-refractivity contribution < 1.29 is 9.50 Å². The summed E-state index contributed by atoms with van der Waals surface area (Å²) in [7, 11) is 0. The topological polar surface area (TPSA) is 45.5 Å². The summed E-state index contributed by atoms with van der Waals surface area (Å²) in [6.07, 6.45) is -0.554. The van der Waals surface area contributed by atoms with Gasteiger partial charge in [-0.25, -0.2) is 9.37 Å². The molecule has 0 unspecified atom stereocenters. The second-order valence-corrected chi connectivity index (χ2v) is 3.63. The second kappa shape index (κ2) is 5.19. The van der Waals surface area contributed by atoms with E-state index in [1.165, 1.54) is 12.1 Å². The molecule has 82 valence electrons. The summed E-state index contributed by atoms with van der Waals surface area (Å²) in [5, 5.41) is 9.25. The molecule has 1 heterocycles. The van der Waals surface area contributed by atoms with Gasteiger partial charge in [-0.2, -0.15) is 0 Å². The molecular formula is C10H12ClFN2O. The molecule has 0 aliphatic rings. The summed E-state index contributed by atoms with van der Waals surface area (Å²) < 4.78 is 13.3. The van der Waals surface area contributed by atoms with Crippen LogP contribution in [-0.2, 0) is 0 Å². The van der Waals surface area contributed by atoms with E-state index in [2.05, 4.69) is 9.98 Å². The highest BCUT2D eigenvalue weighted by molar-refractivity contribution is 6.29. The molecule has 0 amide bonds. The maximum absolute atomic E-state index is 13.3. The molecule has 0 aliphatic heterocycles. The van der Waals surface area contributed by atoms with Crippen molar-refractivity contribution in [2.24, 2.45) is 4.99 Å². The van der Waals surface area contributed by atoms with Crippen LogP contribution in [0.4, 0.5) is 4.39 Å². The lowest BCUT2D eigenvalue weighted by molar-refractivity contribution is 0.204. The summed E-state index contributed by atoms with van der Waals surface area (Å²) in [5.41, 5.74) is 0.555. The summed E-state index contributed by atoms with van der Waals surface area (Å²) in [6, 6.07) is 2.62. The van der Waals surface area contributed by atoms with Crippen LogP contribution in [-0.4, -0.2) is 28.5 Å². The molecule has 5 heteroatoms. The van der Waals surface area contributed by atoms with Crippen LogP contribution in [0.5, 0.6) is 0 Å². The first-order valence-electron chi connectivity index (χ1n) is 4.52. The Morgan fingerprint density at radius 3 is 2.93 bits per heavy atom. The summed E-state index contributed by atoms with van der Waals surface area (Å²) in [6.45, 7) is 3.46. The standard InChI is InChI=1S/C10H12ClFN2O/c1-6(15)5-13-7(2)10-8(12)3-4-9(11)14-10/h3-4,6,15H,5H2,1-2H3/b13-7+/t6-/m1/s1. The molecule has 0 radical (unpaired) electrons. The lowest BCUT2D eigenvalue weighted by atomic mass is 10.2. The van der Waals surface area contributed by atoms with E-state index in [0.29, 0.717) is 5.71 Å². The molecule has 1 N–H and O–H groups in total. The quantitative estimate of drug-likeness (QED) is 0.638. The number of pyridine rings is 1. The first kappa shape index (κ1) is 12.1. The fourth-order valence-corrected chi connectivity index (χ4v) is 1.16. The Hall–Kier alpha value is -1.00. The van der Waals surface area contributed by atoms with Gasteiger partial charge in [0.1, 0.15) is 10.8 Å². The Kier molecular flexibility index (Phi) is 4.17. The Labute approximate surface area is 92.6 Å². The Balaban J connectivity index is 2.94. The van der Waals surface area contributed by atoms with Crippen LogP contribution in [0.15, 0.2) is 17.1 Å². The SMILES string of the molecule is C/C(=N\C[C@@H](C)O)c1nc(Cl)ccc1F. The molecule has 0 aromatic carbocycles. The smallest absolute Gasteiger partial charge is 0.150 e. The van der Waals surface area contributed by atoms with Gasteiger partial charge in [-0.05, 0) is 26.0 Å². The number of aliphatic hydroxyl groups is 1. The largest absolute Gasteiger partial charge is 0.391 e. The highest BCUT2D eigenvalue weighted by atomic mass is 35.5. The van der Waals surface area contributed by atoms with Gasteiger partial charge in [0.25, 0.3) is 0 Å². The van der Waals surface area contributed by atoms with Gasteiger partial charge in [0.15, 0.2) is 5.82 Å². The van der Waals surface area contributed by atoms with E-state index in [0.717, 1.165) is 0 Å². The third-order valence-electron chi connectivity index (χ3n) is 1.75. The normalized spacial score (nSPS) is 14.1. The van der Waals surface area contributed by atoms with Crippen LogP contribution in [0.2, 0.25) is 5.15 Å². The predicted molar refractivity (Wildman–Crippen MR) is 58.0 cm³/mol. The molecule has 0 saturated heterocycles. The first-order chi connectivity index (χ1) is 7.00. The molecular weight excluding hydrogens is 219 g/mol. The van der Waals surface area contributed by atoms with E-state index in [1.54, 1.807) is 13.8 Å². The maximum Gasteiger partial charge on any atom is 0.150 e. The number of halogens is 2. The molecule has 1 rings (SSSR count). The van der Waals surface area contributed by atoms with Gasteiger partial charge >= 0.3 is 0 Å². The Bertz CT molecular complexity index is 380. The van der Waals surface area contributed by atoms with Gasteiger partial charge in [-0.1, -0.05) is 11.6 Å². The van der Waals surface area contributed by atoms with Crippen LogP contribution in [0, 0.1) is 5.82 Å². The van der Waals surface area contributed by atoms with Crippen LogP contribution in [0.3, 0.4) is 0 Å². The van der Waals surface area contributed by atoms with Gasteiger partial charge in [-0.3, -0.25) is 4.99 Å². The zero-order chi connectivity index (χ0) is 11.4. The molecule has 15 heavy (non-hydrogen) atoms. The highest BCUT2D eigenvalue weighted by Gasteiger charge is 2.08. The summed E-state index contributed by atoms with van der Waals surface area (Å²) in [5.74, 6) is -0.466. The number of hydrogen-bond donors (Lipinski definition) is 1. The number of aliphatic hydroxyl groups excluding tert-OH is 1. The second-order valence-electron chi connectivity index (χ2n) is 3.24. The minimum absolute atomic E-state index is 0.128. The summed E-state index contributed by atoms with van der Waals surface area (Å²) >= 11 is 5.64. The van der Waals surface area contributed by atoms with Gasteiger partial charge in [0.2, 0.25) is 0 Å². The van der Waals surface area contributed by atoms with Crippen molar-refractivity contribution in [1.29, 1.82) is 0 Å². The molecule has 1 aromatic heterocycles. The molecule has 0 bridgehead atoms. The van der Waals surface area contributed by atoms with E-state index in [1.807, 2.05) is 0 Å². The first-order valence-corrected chi connectivity index (χ1v) is 4.90. The fourth-order valence-electron chi connectivity index (χ4n) is 1.02. The highest BCUT2D eigenvalue weighted by Crippen LogP contribution is 2.11. The van der Waals surface area contributed by atoms with E-state index in [4.69, 9.17) is 16.7 Å². The van der Waals surface area contributed by atoms with Gasteiger partial charge < -0.3 is 5.11 Å². The predicted octanol–water partition coefficient (Wildman–Crippen LogP) is 2.06. The third kappa shape index (κ3) is 3.57. The van der Waals surface area contributed by atoms with Crippen molar-refractivity contribution in [1.82, 2.24) is 4.98 Å². The minimum Gasteiger partial charge on any atom is -0.391 e. The molecule has 1 atom stereocenters. The number of aromatic nitrogens is 1. The van der Waals surface area contributed by atoms with Crippen molar-refractivity contribution in [2.45, 2.75) is 20.0 Å². The Morgan fingerprint density at radius 2 is 2.33 bits per heavy atom. The molecule has 0 aliphatic carbocycles. The number of aliphatic imine (C=N–C) groups is 1. The lowest BCUT2D eigenvalue weighted by Crippen LogP contribution is -2.09. The van der Waals surface area contributed by atoms with Gasteiger partial charge in [-0.15, -0.1) is 0 Å². The van der Waals surface area contributed by atoms with Gasteiger partial charge in [0, 0.05) is 0 Å². The van der Waals surface area contributed by atoms with Crippen LogP contribution < -0.4 is 0 Å². The molecule has 0 spiro atoms. The molecule has 1 aromatic rings. The number of hydrogen-bond acceptors (Lipinski definition) is 3. The van der Waals surface area contributed by atoms with Crippen LogP contribution in [0.1, 0.15) is 19.5 Å². The van der Waals surface area contributed by atoms with E-state index < -0.39 is 11.9 Å². The fraction of sp³-hybridized carbons (Fsp3) is 0.400. The zero-order valence-corrected chi connectivity index (χ0v) is 9.29. The maximum atomic E-state index is 13.3. The lowest BCUT2D eigenvalue weighted by Gasteiger charge is -2.03. The number of nitrogens with zero attached hydrogens (tertiary/aromatic N) is 2. The van der Waals surface area contributed by atoms with Crippen molar-refractivity contribution in [2.75, 3.05) is 6.54 Å². The Morgan fingerprint density at radius 1 is 1.67 bits per heavy atom. The van der Waals surface area contributed by atoms with E-state index in [9.17, 15) is 4.39 Å². The van der Waals surface area contributed by atoms with Crippen molar-refractivity contribution in [3.8, 4) is 0 Å². The van der Waals surface area contributed by atoms with Crippen LogP contribution >= 0.6 is 11.6 Å². The number of rotatable bonds is 3. The molecule has 3 nitrogen and oxygen atoms in total. The van der Waals surface area contributed by atoms with Crippen molar-refractivity contribution in [3.05, 3.63) is 28.8 Å². The van der Waals surface area contributed by atoms with Crippen molar-refractivity contribution in [3.63, 3.8) is 0 Å². The van der Waals surface area contributed by atoms with E-state index >= 15 is 0 Å². The molecule has 0 fully saturated rings. The average Bonchev–Trinajstić information content (AvgIpc) is 2.18. The van der Waals surface area contributed by atoms with E-state index in [-0.39, 0.29) is 17.4 Å². The van der Waals surface area contributed by atoms with Crippen molar-refractivity contribution >= 4 is 17.3 Å². The monoisotopic (exact) mass is 230 g/mol. The third-order valence-corrected chi connectivity index (χ3v) is 1.96. The minimum atomic E-state index is -0.554. The molecule has 0 saturated carbocycles. The zero-order valence-electron chi connectivity index (χ0n) is 8.54. The average molecular weight is 231 g/mol. The van der Waals surface area contributed by atoms with Crippen LogP contribution in [0.25, 0.3) is 0 Å².